The smallest absolute Gasteiger partial charge is 0.241 e. The largest absolute Gasteiger partial charge is 0.497 e. The Labute approximate surface area is 199 Å². The molecule has 2 heterocycles. The molecule has 0 bridgehead atoms. The average Bonchev–Trinajstić information content (AvgIpc) is 3.37. The molecule has 3 aromatic carbocycles. The molecule has 1 aromatic heterocycles. The van der Waals surface area contributed by atoms with Crippen molar-refractivity contribution in [2.75, 3.05) is 38.2 Å². The summed E-state index contributed by atoms with van der Waals surface area (Å²) in [4.78, 5) is 9.34. The molecule has 0 amide bonds. The summed E-state index contributed by atoms with van der Waals surface area (Å²) in [6.45, 7) is 4.99. The van der Waals surface area contributed by atoms with Gasteiger partial charge in [0.1, 0.15) is 18.1 Å². The van der Waals surface area contributed by atoms with E-state index in [9.17, 15) is 0 Å². The zero-order valence-electron chi connectivity index (χ0n) is 19.3. The zero-order chi connectivity index (χ0) is 23.2. The maximum Gasteiger partial charge on any atom is 0.241 e. The van der Waals surface area contributed by atoms with Gasteiger partial charge in [-0.05, 0) is 54.1 Å². The maximum absolute atomic E-state index is 5.86. The number of hydrogen-bond donors (Lipinski definition) is 0. The Balaban J connectivity index is 1.12. The van der Waals surface area contributed by atoms with Crippen molar-refractivity contribution in [2.45, 2.75) is 13.2 Å². The fraction of sp³-hybridized carbons (Fsp3) is 0.259. The van der Waals surface area contributed by atoms with E-state index in [4.69, 9.17) is 14.0 Å². The molecule has 0 radical (unpaired) electrons. The molecule has 1 saturated heterocycles. The minimum atomic E-state index is 0.540. The lowest BCUT2D eigenvalue weighted by atomic mass is 10.2. The third-order valence-corrected chi connectivity index (χ3v) is 6.00. The first-order valence-electron chi connectivity index (χ1n) is 11.5. The van der Waals surface area contributed by atoms with E-state index in [2.05, 4.69) is 32.1 Å². The predicted molar refractivity (Wildman–Crippen MR) is 131 cm³/mol. The fourth-order valence-electron chi connectivity index (χ4n) is 4.03. The van der Waals surface area contributed by atoms with E-state index in [0.717, 1.165) is 48.8 Å². The lowest BCUT2D eigenvalue weighted by Gasteiger charge is -2.35. The standard InChI is InChI=1S/C27H28N4O3/c1-32-24-13-9-23(10-14-24)31-17-15-30(16-18-31)19-26-28-27(29-34-26)22-7-11-25(12-8-22)33-20-21-5-3-2-4-6-21/h2-14H,15-20H2,1H3. The number of methoxy groups -OCH3 is 1. The normalized spacial score (nSPS) is 14.2. The van der Waals surface area contributed by atoms with Gasteiger partial charge in [-0.3, -0.25) is 4.90 Å². The first kappa shape index (κ1) is 22.0. The highest BCUT2D eigenvalue weighted by Gasteiger charge is 2.20. The summed E-state index contributed by atoms with van der Waals surface area (Å²) < 4.78 is 16.6. The van der Waals surface area contributed by atoms with E-state index in [-0.39, 0.29) is 0 Å². The molecule has 1 fully saturated rings. The van der Waals surface area contributed by atoms with Crippen molar-refractivity contribution in [3.63, 3.8) is 0 Å². The molecule has 0 atom stereocenters. The van der Waals surface area contributed by atoms with Crippen LogP contribution < -0.4 is 14.4 Å². The number of nitrogens with zero attached hydrogens (tertiary/aromatic N) is 4. The quantitative estimate of drug-likeness (QED) is 0.383. The van der Waals surface area contributed by atoms with Gasteiger partial charge in [-0.2, -0.15) is 4.98 Å². The zero-order valence-corrected chi connectivity index (χ0v) is 19.3. The molecule has 1 aliphatic heterocycles. The molecule has 0 unspecified atom stereocenters. The number of ether oxygens (including phenoxy) is 2. The van der Waals surface area contributed by atoms with Crippen LogP contribution in [0.2, 0.25) is 0 Å². The Hall–Kier alpha value is -3.84. The van der Waals surface area contributed by atoms with Crippen LogP contribution in [0.4, 0.5) is 5.69 Å². The summed E-state index contributed by atoms with van der Waals surface area (Å²) in [6.07, 6.45) is 0. The molecule has 5 rings (SSSR count). The van der Waals surface area contributed by atoms with Gasteiger partial charge in [-0.1, -0.05) is 35.5 Å². The lowest BCUT2D eigenvalue weighted by Crippen LogP contribution is -2.46. The molecule has 7 heteroatoms. The van der Waals surface area contributed by atoms with Crippen LogP contribution in [0, 0.1) is 0 Å². The Morgan fingerprint density at radius 2 is 1.53 bits per heavy atom. The number of hydrogen-bond acceptors (Lipinski definition) is 7. The second-order valence-electron chi connectivity index (χ2n) is 8.27. The van der Waals surface area contributed by atoms with Gasteiger partial charge in [0.25, 0.3) is 0 Å². The van der Waals surface area contributed by atoms with Crippen molar-refractivity contribution >= 4 is 5.69 Å². The maximum atomic E-state index is 5.86. The van der Waals surface area contributed by atoms with Crippen molar-refractivity contribution in [1.29, 1.82) is 0 Å². The summed E-state index contributed by atoms with van der Waals surface area (Å²) in [5, 5.41) is 4.18. The lowest BCUT2D eigenvalue weighted by molar-refractivity contribution is 0.215. The van der Waals surface area contributed by atoms with E-state index >= 15 is 0 Å². The number of anilines is 1. The number of aromatic nitrogens is 2. The third-order valence-electron chi connectivity index (χ3n) is 6.00. The summed E-state index contributed by atoms with van der Waals surface area (Å²) in [7, 11) is 1.69. The third kappa shape index (κ3) is 5.38. The fourth-order valence-corrected chi connectivity index (χ4v) is 4.03. The molecule has 4 aromatic rings. The van der Waals surface area contributed by atoms with Crippen molar-refractivity contribution < 1.29 is 14.0 Å². The van der Waals surface area contributed by atoms with Crippen molar-refractivity contribution in [3.05, 3.63) is 90.3 Å². The molecule has 1 aliphatic rings. The van der Waals surface area contributed by atoms with Gasteiger partial charge in [-0.15, -0.1) is 0 Å². The minimum absolute atomic E-state index is 0.540. The van der Waals surface area contributed by atoms with Gasteiger partial charge in [0.15, 0.2) is 0 Å². The van der Waals surface area contributed by atoms with Crippen molar-refractivity contribution in [3.8, 4) is 22.9 Å². The second-order valence-corrected chi connectivity index (χ2v) is 8.27. The van der Waals surface area contributed by atoms with Crippen LogP contribution in [0.3, 0.4) is 0 Å². The highest BCUT2D eigenvalue weighted by Crippen LogP contribution is 2.23. The van der Waals surface area contributed by atoms with E-state index in [0.29, 0.717) is 24.9 Å². The Kier molecular flexibility index (Phi) is 6.72. The van der Waals surface area contributed by atoms with Crippen LogP contribution in [0.25, 0.3) is 11.4 Å². The Morgan fingerprint density at radius 3 is 2.24 bits per heavy atom. The van der Waals surface area contributed by atoms with Crippen LogP contribution >= 0.6 is 0 Å². The minimum Gasteiger partial charge on any atom is -0.497 e. The van der Waals surface area contributed by atoms with Crippen LogP contribution in [-0.2, 0) is 13.2 Å². The number of benzene rings is 3. The van der Waals surface area contributed by atoms with Gasteiger partial charge < -0.3 is 18.9 Å². The molecule has 34 heavy (non-hydrogen) atoms. The highest BCUT2D eigenvalue weighted by molar-refractivity contribution is 5.55. The van der Waals surface area contributed by atoms with Crippen molar-refractivity contribution in [2.24, 2.45) is 0 Å². The van der Waals surface area contributed by atoms with Gasteiger partial charge >= 0.3 is 0 Å². The SMILES string of the molecule is COc1ccc(N2CCN(Cc3nc(-c4ccc(OCc5ccccc5)cc4)no3)CC2)cc1. The number of rotatable bonds is 8. The Bertz CT molecular complexity index is 1170. The monoisotopic (exact) mass is 456 g/mol. The summed E-state index contributed by atoms with van der Waals surface area (Å²) in [6, 6.07) is 26.1. The molecule has 174 valence electrons. The first-order valence-corrected chi connectivity index (χ1v) is 11.5. The van der Waals surface area contributed by atoms with Crippen LogP contribution in [0.5, 0.6) is 11.5 Å². The molecular weight excluding hydrogens is 428 g/mol. The van der Waals surface area contributed by atoms with Gasteiger partial charge in [0.05, 0.1) is 13.7 Å². The molecule has 0 N–H and O–H groups in total. The average molecular weight is 457 g/mol. The van der Waals surface area contributed by atoms with Gasteiger partial charge in [0.2, 0.25) is 11.7 Å². The predicted octanol–water partition coefficient (Wildman–Crippen LogP) is 4.65. The Morgan fingerprint density at radius 1 is 0.824 bits per heavy atom. The topological polar surface area (TPSA) is 63.9 Å². The summed E-state index contributed by atoms with van der Waals surface area (Å²) in [5.41, 5.74) is 3.27. The molecular formula is C27H28N4O3. The molecule has 0 saturated carbocycles. The highest BCUT2D eigenvalue weighted by atomic mass is 16.5. The summed E-state index contributed by atoms with van der Waals surface area (Å²) in [5.74, 6) is 2.92. The molecule has 7 nitrogen and oxygen atoms in total. The van der Waals surface area contributed by atoms with Crippen molar-refractivity contribution in [1.82, 2.24) is 15.0 Å². The van der Waals surface area contributed by atoms with Crippen LogP contribution in [0.15, 0.2) is 83.4 Å². The van der Waals surface area contributed by atoms with Crippen LogP contribution in [-0.4, -0.2) is 48.3 Å². The van der Waals surface area contributed by atoms with E-state index < -0.39 is 0 Å². The molecule has 0 aliphatic carbocycles. The van der Waals surface area contributed by atoms with E-state index in [1.54, 1.807) is 7.11 Å². The summed E-state index contributed by atoms with van der Waals surface area (Å²) >= 11 is 0. The van der Waals surface area contributed by atoms with Gasteiger partial charge in [-0.25, -0.2) is 0 Å². The number of piperazine rings is 1. The second kappa shape index (κ2) is 10.4. The van der Waals surface area contributed by atoms with E-state index in [1.165, 1.54) is 5.69 Å². The first-order chi connectivity index (χ1) is 16.8. The molecule has 0 spiro atoms. The van der Waals surface area contributed by atoms with Gasteiger partial charge in [0, 0.05) is 37.4 Å². The van der Waals surface area contributed by atoms with E-state index in [1.807, 2.05) is 66.7 Å². The van der Waals surface area contributed by atoms with Crippen LogP contribution in [0.1, 0.15) is 11.5 Å².